The molecule has 1 N–H and O–H groups in total. The lowest BCUT2D eigenvalue weighted by atomic mass is 9.92. The van der Waals surface area contributed by atoms with E-state index in [0.29, 0.717) is 24.7 Å². The van der Waals surface area contributed by atoms with Crippen LogP contribution in [0.15, 0.2) is 78.9 Å². The van der Waals surface area contributed by atoms with E-state index in [2.05, 4.69) is 60.0 Å². The normalized spacial score (nSPS) is 19.5. The van der Waals surface area contributed by atoms with Crippen molar-refractivity contribution in [3.63, 3.8) is 0 Å². The highest BCUT2D eigenvalue weighted by Gasteiger charge is 2.34. The molecule has 0 saturated carbocycles. The third-order valence-electron chi connectivity index (χ3n) is 7.40. The Morgan fingerprint density at radius 1 is 0.973 bits per heavy atom. The van der Waals surface area contributed by atoms with E-state index in [-0.39, 0.29) is 30.4 Å². The summed E-state index contributed by atoms with van der Waals surface area (Å²) in [6, 6.07) is 26.0. The SMILES string of the molecule is CCN(CCO)C(=O)c1ccc(C(c2ccccc2)N2C[C@@H](C)N(Cc3cccc(F)c3)C[C@@H]2C)cc1. The number of halogens is 1. The second-order valence-corrected chi connectivity index (χ2v) is 10.00. The summed E-state index contributed by atoms with van der Waals surface area (Å²) in [7, 11) is 0. The van der Waals surface area contributed by atoms with Gasteiger partial charge in [0.1, 0.15) is 5.82 Å². The molecule has 1 heterocycles. The second-order valence-electron chi connectivity index (χ2n) is 10.00. The fraction of sp³-hybridized carbons (Fsp3) is 0.387. The maximum atomic E-state index is 13.8. The Morgan fingerprint density at radius 2 is 1.68 bits per heavy atom. The predicted molar refractivity (Wildman–Crippen MR) is 146 cm³/mol. The molecule has 1 saturated heterocycles. The molecule has 37 heavy (non-hydrogen) atoms. The molecule has 1 unspecified atom stereocenters. The van der Waals surface area contributed by atoms with Gasteiger partial charge in [-0.2, -0.15) is 0 Å². The zero-order valence-electron chi connectivity index (χ0n) is 22.1. The summed E-state index contributed by atoms with van der Waals surface area (Å²) >= 11 is 0. The van der Waals surface area contributed by atoms with Gasteiger partial charge in [-0.1, -0.05) is 54.6 Å². The van der Waals surface area contributed by atoms with E-state index in [4.69, 9.17) is 0 Å². The van der Waals surface area contributed by atoms with Crippen molar-refractivity contribution >= 4 is 5.91 Å². The summed E-state index contributed by atoms with van der Waals surface area (Å²) < 4.78 is 13.8. The molecule has 6 heteroatoms. The standard InChI is InChI=1S/C31H38FN3O2/c1-4-33(17-18-36)31(37)28-15-13-27(14-16-28)30(26-10-6-5-7-11-26)35-21-23(2)34(20-24(35)3)22-25-9-8-12-29(32)19-25/h5-16,19,23-24,30,36H,4,17-18,20-22H2,1-3H3/t23-,24+,30?/m1/s1. The number of carbonyl (C=O) groups excluding carboxylic acids is 1. The lowest BCUT2D eigenvalue weighted by Gasteiger charge is -2.47. The van der Waals surface area contributed by atoms with Crippen LogP contribution in [0, 0.1) is 5.82 Å². The third-order valence-corrected chi connectivity index (χ3v) is 7.40. The third kappa shape index (κ3) is 6.45. The number of nitrogens with zero attached hydrogens (tertiary/aromatic N) is 3. The first kappa shape index (κ1) is 27.0. The number of amides is 1. The Balaban J connectivity index is 1.57. The van der Waals surface area contributed by atoms with Crippen LogP contribution in [0.5, 0.6) is 0 Å². The van der Waals surface area contributed by atoms with Gasteiger partial charge in [0.2, 0.25) is 0 Å². The molecule has 0 aliphatic carbocycles. The molecule has 0 spiro atoms. The van der Waals surface area contributed by atoms with Crippen LogP contribution in [0.2, 0.25) is 0 Å². The maximum Gasteiger partial charge on any atom is 0.253 e. The van der Waals surface area contributed by atoms with Gasteiger partial charge in [0, 0.05) is 50.4 Å². The van der Waals surface area contributed by atoms with Crippen molar-refractivity contribution in [3.8, 4) is 0 Å². The number of aliphatic hydroxyl groups is 1. The van der Waals surface area contributed by atoms with Crippen LogP contribution in [0.25, 0.3) is 0 Å². The highest BCUT2D eigenvalue weighted by atomic mass is 19.1. The van der Waals surface area contributed by atoms with Gasteiger partial charge in [0.05, 0.1) is 12.6 Å². The van der Waals surface area contributed by atoms with Gasteiger partial charge in [-0.3, -0.25) is 14.6 Å². The quantitative estimate of drug-likeness (QED) is 0.448. The molecule has 196 valence electrons. The zero-order valence-corrected chi connectivity index (χ0v) is 22.1. The molecule has 1 aliphatic rings. The topological polar surface area (TPSA) is 47.0 Å². The Morgan fingerprint density at radius 3 is 2.32 bits per heavy atom. The average Bonchev–Trinajstić information content (AvgIpc) is 2.91. The smallest absolute Gasteiger partial charge is 0.253 e. The molecular weight excluding hydrogens is 465 g/mol. The first-order valence-electron chi connectivity index (χ1n) is 13.2. The van der Waals surface area contributed by atoms with Crippen LogP contribution in [0.1, 0.15) is 53.9 Å². The summed E-state index contributed by atoms with van der Waals surface area (Å²) in [5.74, 6) is -0.256. The molecule has 0 radical (unpaired) electrons. The van der Waals surface area contributed by atoms with Crippen LogP contribution < -0.4 is 0 Å². The Kier molecular flexibility index (Phi) is 9.09. The van der Waals surface area contributed by atoms with Crippen molar-refractivity contribution in [2.75, 3.05) is 32.8 Å². The van der Waals surface area contributed by atoms with Crippen molar-refractivity contribution in [1.82, 2.24) is 14.7 Å². The van der Waals surface area contributed by atoms with E-state index in [1.54, 1.807) is 17.0 Å². The molecule has 3 atom stereocenters. The van der Waals surface area contributed by atoms with Gasteiger partial charge >= 0.3 is 0 Å². The van der Waals surface area contributed by atoms with Crippen molar-refractivity contribution in [2.45, 2.75) is 45.4 Å². The second kappa shape index (κ2) is 12.5. The predicted octanol–water partition coefficient (Wildman–Crippen LogP) is 4.96. The number of aliphatic hydroxyl groups excluding tert-OH is 1. The van der Waals surface area contributed by atoms with Crippen molar-refractivity contribution in [1.29, 1.82) is 0 Å². The minimum Gasteiger partial charge on any atom is -0.395 e. The number of hydrogen-bond donors (Lipinski definition) is 1. The van der Waals surface area contributed by atoms with Gasteiger partial charge in [0.25, 0.3) is 5.91 Å². The zero-order chi connectivity index (χ0) is 26.4. The summed E-state index contributed by atoms with van der Waals surface area (Å²) in [4.78, 5) is 19.5. The van der Waals surface area contributed by atoms with Crippen LogP contribution >= 0.6 is 0 Å². The number of likely N-dealkylation sites (N-methyl/N-ethyl adjacent to an activating group) is 1. The van der Waals surface area contributed by atoms with Gasteiger partial charge in [0.15, 0.2) is 0 Å². The molecule has 3 aromatic carbocycles. The van der Waals surface area contributed by atoms with Crippen LogP contribution in [-0.4, -0.2) is 70.6 Å². The Labute approximate surface area is 220 Å². The largest absolute Gasteiger partial charge is 0.395 e. The van der Waals surface area contributed by atoms with E-state index < -0.39 is 0 Å². The molecule has 5 nitrogen and oxygen atoms in total. The van der Waals surface area contributed by atoms with E-state index in [9.17, 15) is 14.3 Å². The minimum absolute atomic E-state index is 0.0466. The first-order chi connectivity index (χ1) is 17.9. The lowest BCUT2D eigenvalue weighted by Crippen LogP contribution is -2.56. The molecule has 4 rings (SSSR count). The highest BCUT2D eigenvalue weighted by molar-refractivity contribution is 5.94. The Hall–Kier alpha value is -3.06. The monoisotopic (exact) mass is 503 g/mol. The molecule has 1 fully saturated rings. The summed E-state index contributed by atoms with van der Waals surface area (Å²) in [5.41, 5.74) is 3.99. The van der Waals surface area contributed by atoms with Gasteiger partial charge < -0.3 is 10.0 Å². The molecule has 1 aliphatic heterocycles. The number of rotatable bonds is 9. The lowest BCUT2D eigenvalue weighted by molar-refractivity contribution is 0.0195. The van der Waals surface area contributed by atoms with Gasteiger partial charge in [-0.15, -0.1) is 0 Å². The van der Waals surface area contributed by atoms with Crippen molar-refractivity contribution in [3.05, 3.63) is 107 Å². The van der Waals surface area contributed by atoms with Crippen molar-refractivity contribution in [2.24, 2.45) is 0 Å². The average molecular weight is 504 g/mol. The fourth-order valence-electron chi connectivity index (χ4n) is 5.40. The molecule has 0 aromatic heterocycles. The van der Waals surface area contributed by atoms with E-state index in [1.807, 2.05) is 31.2 Å². The van der Waals surface area contributed by atoms with E-state index >= 15 is 0 Å². The first-order valence-corrected chi connectivity index (χ1v) is 13.2. The molecule has 1 amide bonds. The summed E-state index contributed by atoms with van der Waals surface area (Å²) in [6.45, 7) is 9.74. The summed E-state index contributed by atoms with van der Waals surface area (Å²) in [5, 5.41) is 9.29. The number of carbonyl (C=O) groups is 1. The van der Waals surface area contributed by atoms with Crippen molar-refractivity contribution < 1.29 is 14.3 Å². The number of piperazine rings is 1. The van der Waals surface area contributed by atoms with Crippen LogP contribution in [-0.2, 0) is 6.54 Å². The molecular formula is C31H38FN3O2. The van der Waals surface area contributed by atoms with Crippen LogP contribution in [0.3, 0.4) is 0 Å². The van der Waals surface area contributed by atoms with Gasteiger partial charge in [-0.05, 0) is 61.7 Å². The van der Waals surface area contributed by atoms with E-state index in [1.165, 1.54) is 11.6 Å². The van der Waals surface area contributed by atoms with Gasteiger partial charge in [-0.25, -0.2) is 4.39 Å². The minimum atomic E-state index is -0.193. The molecule has 0 bridgehead atoms. The maximum absolute atomic E-state index is 13.8. The number of hydrogen-bond acceptors (Lipinski definition) is 4. The summed E-state index contributed by atoms with van der Waals surface area (Å²) in [6.07, 6.45) is 0. The Bertz CT molecular complexity index is 1150. The molecule has 3 aromatic rings. The van der Waals surface area contributed by atoms with E-state index in [0.717, 1.165) is 30.8 Å². The van der Waals surface area contributed by atoms with Crippen LogP contribution in [0.4, 0.5) is 4.39 Å². The fourth-order valence-corrected chi connectivity index (χ4v) is 5.40. The highest BCUT2D eigenvalue weighted by Crippen LogP contribution is 2.34. The number of benzene rings is 3.